The lowest BCUT2D eigenvalue weighted by atomic mass is 10.1. The van der Waals surface area contributed by atoms with Crippen molar-refractivity contribution in [3.63, 3.8) is 0 Å². The van der Waals surface area contributed by atoms with Gasteiger partial charge in [-0.2, -0.15) is 0 Å². The Labute approximate surface area is 65.8 Å². The molecule has 64 valence electrons. The summed E-state index contributed by atoms with van der Waals surface area (Å²) in [5.41, 5.74) is 0. The van der Waals surface area contributed by atoms with Crippen LogP contribution < -0.4 is 0 Å². The molecule has 0 rings (SSSR count). The number of unbranched alkanes of at least 4 members (excludes halogenated alkanes) is 1. The fourth-order valence-electron chi connectivity index (χ4n) is 0.612. The second kappa shape index (κ2) is 11.7. The SMILES string of the molecule is CCCCC(C)C.COC. The van der Waals surface area contributed by atoms with E-state index >= 15 is 0 Å². The molecule has 0 fully saturated rings. The van der Waals surface area contributed by atoms with Crippen LogP contribution in [0.3, 0.4) is 0 Å². The van der Waals surface area contributed by atoms with Gasteiger partial charge in [-0.25, -0.2) is 0 Å². The Morgan fingerprint density at radius 3 is 1.70 bits per heavy atom. The molecule has 0 unspecified atom stereocenters. The third-order valence-corrected chi connectivity index (χ3v) is 1.14. The van der Waals surface area contributed by atoms with Gasteiger partial charge in [0.1, 0.15) is 0 Å². The van der Waals surface area contributed by atoms with E-state index in [1.54, 1.807) is 14.2 Å². The first-order chi connectivity index (χ1) is 4.68. The Hall–Kier alpha value is -0.0400. The maximum atomic E-state index is 4.25. The van der Waals surface area contributed by atoms with Crippen LogP contribution in [-0.2, 0) is 4.74 Å². The first-order valence-electron chi connectivity index (χ1n) is 4.09. The minimum Gasteiger partial charge on any atom is -0.388 e. The summed E-state index contributed by atoms with van der Waals surface area (Å²) in [6, 6.07) is 0. The van der Waals surface area contributed by atoms with Gasteiger partial charge < -0.3 is 4.74 Å². The average Bonchev–Trinajstić information content (AvgIpc) is 1.85. The molecular weight excluding hydrogens is 124 g/mol. The van der Waals surface area contributed by atoms with Crippen molar-refractivity contribution in [2.24, 2.45) is 5.92 Å². The van der Waals surface area contributed by atoms with E-state index in [4.69, 9.17) is 0 Å². The van der Waals surface area contributed by atoms with Gasteiger partial charge in [0.15, 0.2) is 0 Å². The molecule has 10 heavy (non-hydrogen) atoms. The van der Waals surface area contributed by atoms with E-state index in [1.165, 1.54) is 19.3 Å². The molecule has 0 aromatic rings. The Kier molecular flexibility index (Phi) is 14.8. The summed E-state index contributed by atoms with van der Waals surface area (Å²) in [5, 5.41) is 0. The number of rotatable bonds is 3. The maximum absolute atomic E-state index is 4.25. The molecule has 0 bridgehead atoms. The van der Waals surface area contributed by atoms with Crippen molar-refractivity contribution in [2.75, 3.05) is 14.2 Å². The lowest BCUT2D eigenvalue weighted by Gasteiger charge is -1.98. The van der Waals surface area contributed by atoms with E-state index in [0.29, 0.717) is 0 Å². The van der Waals surface area contributed by atoms with Crippen LogP contribution in [0.5, 0.6) is 0 Å². The molecule has 0 amide bonds. The minimum absolute atomic E-state index is 0.903. The fraction of sp³-hybridized carbons (Fsp3) is 1.00. The highest BCUT2D eigenvalue weighted by molar-refractivity contribution is 4.42. The minimum atomic E-state index is 0.903. The zero-order valence-corrected chi connectivity index (χ0v) is 8.11. The summed E-state index contributed by atoms with van der Waals surface area (Å²) in [6.07, 6.45) is 4.15. The van der Waals surface area contributed by atoms with E-state index in [1.807, 2.05) is 0 Å². The monoisotopic (exact) mass is 146 g/mol. The van der Waals surface area contributed by atoms with Gasteiger partial charge in [-0.05, 0) is 5.92 Å². The lowest BCUT2D eigenvalue weighted by Crippen LogP contribution is -1.83. The molecular formula is C9H22O. The molecule has 0 atom stereocenters. The molecule has 0 aromatic heterocycles. The molecule has 0 aliphatic heterocycles. The number of hydrogen-bond donors (Lipinski definition) is 0. The van der Waals surface area contributed by atoms with Gasteiger partial charge in [-0.15, -0.1) is 0 Å². The summed E-state index contributed by atoms with van der Waals surface area (Å²) < 4.78 is 4.25. The number of ether oxygens (including phenoxy) is 1. The molecule has 0 spiro atoms. The molecule has 0 radical (unpaired) electrons. The highest BCUT2D eigenvalue weighted by Crippen LogP contribution is 2.04. The van der Waals surface area contributed by atoms with Gasteiger partial charge in [0.25, 0.3) is 0 Å². The standard InChI is InChI=1S/C7H16.C2H6O/c1-4-5-6-7(2)3;1-3-2/h7H,4-6H2,1-3H3;1-2H3. The third-order valence-electron chi connectivity index (χ3n) is 1.14. The normalized spacial score (nSPS) is 9.00. The van der Waals surface area contributed by atoms with Crippen molar-refractivity contribution in [1.82, 2.24) is 0 Å². The first kappa shape index (κ1) is 12.6. The smallest absolute Gasteiger partial charge is 0.0351 e. The van der Waals surface area contributed by atoms with Crippen LogP contribution >= 0.6 is 0 Å². The van der Waals surface area contributed by atoms with Gasteiger partial charge in [0.05, 0.1) is 0 Å². The van der Waals surface area contributed by atoms with E-state index < -0.39 is 0 Å². The molecule has 0 heterocycles. The second-order valence-electron chi connectivity index (χ2n) is 2.94. The molecule has 1 heteroatoms. The summed E-state index contributed by atoms with van der Waals surface area (Å²) in [6.45, 7) is 6.79. The molecule has 0 saturated heterocycles. The van der Waals surface area contributed by atoms with Crippen LogP contribution in [0.2, 0.25) is 0 Å². The number of hydrogen-bond acceptors (Lipinski definition) is 1. The topological polar surface area (TPSA) is 9.23 Å². The molecule has 0 aliphatic rings. The quantitative estimate of drug-likeness (QED) is 0.594. The summed E-state index contributed by atoms with van der Waals surface area (Å²) >= 11 is 0. The van der Waals surface area contributed by atoms with Gasteiger partial charge in [0.2, 0.25) is 0 Å². The van der Waals surface area contributed by atoms with Crippen molar-refractivity contribution in [2.45, 2.75) is 40.0 Å². The van der Waals surface area contributed by atoms with Crippen molar-refractivity contribution in [3.05, 3.63) is 0 Å². The van der Waals surface area contributed by atoms with Crippen LogP contribution in [0.25, 0.3) is 0 Å². The predicted octanol–water partition coefficient (Wildman–Crippen LogP) is 3.10. The molecule has 1 nitrogen and oxygen atoms in total. The zero-order valence-electron chi connectivity index (χ0n) is 8.11. The Morgan fingerprint density at radius 1 is 1.20 bits per heavy atom. The van der Waals surface area contributed by atoms with Crippen LogP contribution in [0.15, 0.2) is 0 Å². The maximum Gasteiger partial charge on any atom is 0.0351 e. The predicted molar refractivity (Wildman–Crippen MR) is 47.3 cm³/mol. The highest BCUT2D eigenvalue weighted by atomic mass is 16.4. The van der Waals surface area contributed by atoms with E-state index in [2.05, 4.69) is 25.5 Å². The Balaban J connectivity index is 0. The van der Waals surface area contributed by atoms with Gasteiger partial charge in [-0.1, -0.05) is 40.0 Å². The third kappa shape index (κ3) is 24.6. The van der Waals surface area contributed by atoms with Crippen LogP contribution in [-0.4, -0.2) is 14.2 Å². The van der Waals surface area contributed by atoms with Crippen LogP contribution in [0.1, 0.15) is 40.0 Å². The van der Waals surface area contributed by atoms with E-state index in [0.717, 1.165) is 5.92 Å². The second-order valence-corrected chi connectivity index (χ2v) is 2.94. The first-order valence-corrected chi connectivity index (χ1v) is 4.09. The Bertz CT molecular complexity index is 42.0. The van der Waals surface area contributed by atoms with Crippen molar-refractivity contribution >= 4 is 0 Å². The van der Waals surface area contributed by atoms with Crippen molar-refractivity contribution < 1.29 is 4.74 Å². The van der Waals surface area contributed by atoms with Crippen molar-refractivity contribution in [1.29, 1.82) is 0 Å². The average molecular weight is 146 g/mol. The highest BCUT2D eigenvalue weighted by Gasteiger charge is 1.88. The molecule has 0 aromatic carbocycles. The largest absolute Gasteiger partial charge is 0.388 e. The van der Waals surface area contributed by atoms with Crippen molar-refractivity contribution in [3.8, 4) is 0 Å². The molecule has 0 saturated carbocycles. The molecule has 0 N–H and O–H groups in total. The Morgan fingerprint density at radius 2 is 1.60 bits per heavy atom. The molecule has 0 aliphatic carbocycles. The van der Waals surface area contributed by atoms with Crippen LogP contribution in [0, 0.1) is 5.92 Å². The summed E-state index contributed by atoms with van der Waals surface area (Å²) in [5.74, 6) is 0.903. The van der Waals surface area contributed by atoms with Gasteiger partial charge >= 0.3 is 0 Å². The van der Waals surface area contributed by atoms with Gasteiger partial charge in [-0.3, -0.25) is 0 Å². The van der Waals surface area contributed by atoms with Gasteiger partial charge in [0, 0.05) is 14.2 Å². The fourth-order valence-corrected chi connectivity index (χ4v) is 0.612. The summed E-state index contributed by atoms with van der Waals surface area (Å²) in [7, 11) is 3.25. The summed E-state index contributed by atoms with van der Waals surface area (Å²) in [4.78, 5) is 0. The van der Waals surface area contributed by atoms with E-state index in [-0.39, 0.29) is 0 Å². The van der Waals surface area contributed by atoms with Crippen LogP contribution in [0.4, 0.5) is 0 Å². The lowest BCUT2D eigenvalue weighted by molar-refractivity contribution is 0.277. The number of methoxy groups -OCH3 is 1. The van der Waals surface area contributed by atoms with E-state index in [9.17, 15) is 0 Å². The zero-order chi connectivity index (χ0) is 8.41.